The van der Waals surface area contributed by atoms with Crippen molar-refractivity contribution in [1.29, 1.82) is 0 Å². The number of nitrogens with one attached hydrogen (secondary N) is 1. The second kappa shape index (κ2) is 7.69. The van der Waals surface area contributed by atoms with Crippen LogP contribution < -0.4 is 5.32 Å². The summed E-state index contributed by atoms with van der Waals surface area (Å²) in [5.41, 5.74) is 2.38. The second-order valence-electron chi connectivity index (χ2n) is 4.73. The number of aromatic nitrogens is 1. The number of rotatable bonds is 6. The number of benzene rings is 1. The van der Waals surface area contributed by atoms with Crippen LogP contribution in [0.2, 0.25) is 0 Å². The molecular weight excluding hydrogens is 366 g/mol. The van der Waals surface area contributed by atoms with Gasteiger partial charge in [0, 0.05) is 22.0 Å². The third-order valence-corrected chi connectivity index (χ3v) is 4.10. The number of hydrogen-bond donors (Lipinski definition) is 1. The fraction of sp³-hybridized carbons (Fsp3) is 0.312. The Labute approximate surface area is 133 Å². The van der Waals surface area contributed by atoms with E-state index < -0.39 is 0 Å². The Kier molecular flexibility index (Phi) is 5.91. The molecule has 1 unspecified atom stereocenters. The molecule has 20 heavy (non-hydrogen) atoms. The maximum Gasteiger partial charge on any atom is 0.124 e. The maximum absolute atomic E-state index is 13.3. The lowest BCUT2D eigenvalue weighted by Gasteiger charge is -2.20. The molecule has 0 saturated heterocycles. The summed E-state index contributed by atoms with van der Waals surface area (Å²) < 4.78 is 14.2. The minimum absolute atomic E-state index is 0.184. The lowest BCUT2D eigenvalue weighted by molar-refractivity contribution is 0.525. The summed E-state index contributed by atoms with van der Waals surface area (Å²) >= 11 is 2.20. The van der Waals surface area contributed by atoms with Gasteiger partial charge in [0.15, 0.2) is 0 Å². The molecule has 1 atom stereocenters. The lowest BCUT2D eigenvalue weighted by atomic mass is 9.99. The zero-order chi connectivity index (χ0) is 14.4. The first-order valence-electron chi connectivity index (χ1n) is 6.78. The number of halogens is 2. The zero-order valence-electron chi connectivity index (χ0n) is 11.4. The molecule has 4 heteroatoms. The maximum atomic E-state index is 13.3. The predicted molar refractivity (Wildman–Crippen MR) is 88.1 cm³/mol. The van der Waals surface area contributed by atoms with Crippen LogP contribution in [0.1, 0.15) is 30.5 Å². The van der Waals surface area contributed by atoms with Gasteiger partial charge in [-0.25, -0.2) is 4.39 Å². The Bertz CT molecular complexity index is 545. The van der Waals surface area contributed by atoms with Crippen molar-refractivity contribution in [1.82, 2.24) is 10.3 Å². The van der Waals surface area contributed by atoms with E-state index in [1.165, 1.54) is 11.6 Å². The molecule has 0 spiro atoms. The average molecular weight is 384 g/mol. The van der Waals surface area contributed by atoms with Crippen LogP contribution >= 0.6 is 22.6 Å². The van der Waals surface area contributed by atoms with Crippen LogP contribution in [0.4, 0.5) is 4.39 Å². The molecule has 1 N–H and O–H groups in total. The Balaban J connectivity index is 2.22. The van der Waals surface area contributed by atoms with Crippen LogP contribution in [0.5, 0.6) is 0 Å². The monoisotopic (exact) mass is 384 g/mol. The second-order valence-corrected chi connectivity index (χ2v) is 5.89. The third-order valence-electron chi connectivity index (χ3n) is 3.17. The Hall–Kier alpha value is -1.01. The van der Waals surface area contributed by atoms with Gasteiger partial charge in [-0.3, -0.25) is 4.98 Å². The van der Waals surface area contributed by atoms with Crippen molar-refractivity contribution in [3.63, 3.8) is 0 Å². The van der Waals surface area contributed by atoms with Crippen molar-refractivity contribution in [2.75, 3.05) is 6.54 Å². The Morgan fingerprint density at radius 2 is 2.00 bits per heavy atom. The number of pyridine rings is 1. The summed E-state index contributed by atoms with van der Waals surface area (Å²) in [4.78, 5) is 4.05. The van der Waals surface area contributed by atoms with Crippen molar-refractivity contribution >= 4 is 22.6 Å². The molecule has 2 aromatic rings. The van der Waals surface area contributed by atoms with Gasteiger partial charge in [-0.05, 0) is 77.4 Å². The Morgan fingerprint density at radius 1 is 1.25 bits per heavy atom. The van der Waals surface area contributed by atoms with E-state index in [4.69, 9.17) is 0 Å². The predicted octanol–water partition coefficient (Wildman–Crippen LogP) is 4.11. The van der Waals surface area contributed by atoms with E-state index in [1.807, 2.05) is 30.6 Å². The molecule has 1 heterocycles. The van der Waals surface area contributed by atoms with Gasteiger partial charge in [-0.2, -0.15) is 0 Å². The third kappa shape index (κ3) is 4.24. The van der Waals surface area contributed by atoms with Crippen LogP contribution in [0.25, 0.3) is 0 Å². The summed E-state index contributed by atoms with van der Waals surface area (Å²) in [6.07, 6.45) is 5.57. The molecule has 0 saturated carbocycles. The van der Waals surface area contributed by atoms with E-state index in [0.29, 0.717) is 0 Å². The van der Waals surface area contributed by atoms with Gasteiger partial charge >= 0.3 is 0 Å². The molecule has 2 nitrogen and oxygen atoms in total. The van der Waals surface area contributed by atoms with Gasteiger partial charge in [0.1, 0.15) is 5.82 Å². The highest BCUT2D eigenvalue weighted by molar-refractivity contribution is 14.1. The highest BCUT2D eigenvalue weighted by Gasteiger charge is 2.15. The summed E-state index contributed by atoms with van der Waals surface area (Å²) in [6.45, 7) is 3.09. The largest absolute Gasteiger partial charge is 0.310 e. The molecule has 1 aromatic carbocycles. The van der Waals surface area contributed by atoms with Crippen LogP contribution in [0.3, 0.4) is 0 Å². The minimum atomic E-state index is -0.184. The number of hydrogen-bond acceptors (Lipinski definition) is 2. The van der Waals surface area contributed by atoms with Crippen LogP contribution in [0.15, 0.2) is 42.7 Å². The topological polar surface area (TPSA) is 24.9 Å². The van der Waals surface area contributed by atoms with Crippen molar-refractivity contribution in [3.8, 4) is 0 Å². The van der Waals surface area contributed by atoms with Gasteiger partial charge < -0.3 is 5.32 Å². The van der Waals surface area contributed by atoms with Crippen molar-refractivity contribution < 1.29 is 4.39 Å². The van der Waals surface area contributed by atoms with Crippen molar-refractivity contribution in [2.45, 2.75) is 25.8 Å². The first-order chi connectivity index (χ1) is 9.70. The van der Waals surface area contributed by atoms with Gasteiger partial charge in [-0.15, -0.1) is 0 Å². The van der Waals surface area contributed by atoms with Crippen LogP contribution in [-0.2, 0) is 6.42 Å². The standard InChI is InChI=1S/C16H18FIN2/c1-2-7-20-16(10-12-5-8-19-9-6-12)14-4-3-13(17)11-15(14)18/h3-6,8-9,11,16,20H,2,7,10H2,1H3. The zero-order valence-corrected chi connectivity index (χ0v) is 13.6. The molecule has 0 aliphatic rings. The molecule has 0 amide bonds. The highest BCUT2D eigenvalue weighted by Crippen LogP contribution is 2.24. The molecule has 0 radical (unpaired) electrons. The molecule has 1 aromatic heterocycles. The van der Waals surface area contributed by atoms with E-state index in [2.05, 4.69) is 39.8 Å². The average Bonchev–Trinajstić information content (AvgIpc) is 2.45. The first kappa shape index (κ1) is 15.4. The molecule has 0 fully saturated rings. The quantitative estimate of drug-likeness (QED) is 0.759. The summed E-state index contributed by atoms with van der Waals surface area (Å²) in [7, 11) is 0. The molecular formula is C16H18FIN2. The van der Waals surface area contributed by atoms with Gasteiger partial charge in [0.2, 0.25) is 0 Å². The van der Waals surface area contributed by atoms with E-state index in [0.717, 1.165) is 28.5 Å². The summed E-state index contributed by atoms with van der Waals surface area (Å²) in [5, 5.41) is 3.55. The molecule has 0 aliphatic heterocycles. The number of nitrogens with zero attached hydrogens (tertiary/aromatic N) is 1. The first-order valence-corrected chi connectivity index (χ1v) is 7.85. The van der Waals surface area contributed by atoms with E-state index >= 15 is 0 Å². The fourth-order valence-electron chi connectivity index (χ4n) is 2.15. The van der Waals surface area contributed by atoms with Crippen LogP contribution in [0, 0.1) is 9.39 Å². The van der Waals surface area contributed by atoms with E-state index in [-0.39, 0.29) is 11.9 Å². The normalized spacial score (nSPS) is 12.3. The highest BCUT2D eigenvalue weighted by atomic mass is 127. The van der Waals surface area contributed by atoms with Crippen molar-refractivity contribution in [2.24, 2.45) is 0 Å². The Morgan fingerprint density at radius 3 is 2.65 bits per heavy atom. The van der Waals surface area contributed by atoms with Gasteiger partial charge in [-0.1, -0.05) is 13.0 Å². The smallest absolute Gasteiger partial charge is 0.124 e. The fourth-order valence-corrected chi connectivity index (χ4v) is 3.00. The summed E-state index contributed by atoms with van der Waals surface area (Å²) in [6, 6.07) is 9.25. The SMILES string of the molecule is CCCNC(Cc1ccncc1)c1ccc(F)cc1I. The van der Waals surface area contributed by atoms with Gasteiger partial charge in [0.25, 0.3) is 0 Å². The molecule has 106 valence electrons. The minimum Gasteiger partial charge on any atom is -0.310 e. The molecule has 0 aliphatic carbocycles. The van der Waals surface area contributed by atoms with Crippen LogP contribution in [-0.4, -0.2) is 11.5 Å². The van der Waals surface area contributed by atoms with Gasteiger partial charge in [0.05, 0.1) is 0 Å². The molecule has 0 bridgehead atoms. The van der Waals surface area contributed by atoms with E-state index in [1.54, 1.807) is 6.07 Å². The van der Waals surface area contributed by atoms with E-state index in [9.17, 15) is 4.39 Å². The summed E-state index contributed by atoms with van der Waals surface area (Å²) in [5.74, 6) is -0.184. The molecule has 2 rings (SSSR count). The lowest BCUT2D eigenvalue weighted by Crippen LogP contribution is -2.25. The van der Waals surface area contributed by atoms with Crippen molar-refractivity contribution in [3.05, 3.63) is 63.2 Å².